The molecule has 0 spiro atoms. The predicted molar refractivity (Wildman–Crippen MR) is 102 cm³/mol. The molecule has 2 heterocycles. The maximum absolute atomic E-state index is 6.24. The molecule has 130 valence electrons. The zero-order valence-electron chi connectivity index (χ0n) is 14.4. The Morgan fingerprint density at radius 3 is 2.96 bits per heavy atom. The first-order valence-electron chi connectivity index (χ1n) is 8.66. The van der Waals surface area contributed by atoms with Crippen LogP contribution in [0, 0.1) is 0 Å². The number of hydrazone groups is 1. The van der Waals surface area contributed by atoms with Crippen LogP contribution in [0.1, 0.15) is 43.4 Å². The second kappa shape index (κ2) is 6.71. The van der Waals surface area contributed by atoms with Crippen molar-refractivity contribution >= 4 is 21.6 Å². The van der Waals surface area contributed by atoms with Gasteiger partial charge >= 0.3 is 0 Å². The molecule has 25 heavy (non-hydrogen) atoms. The Morgan fingerprint density at radius 1 is 1.28 bits per heavy atom. The molecule has 2 aromatic carbocycles. The van der Waals surface area contributed by atoms with E-state index in [4.69, 9.17) is 14.6 Å². The van der Waals surface area contributed by atoms with Gasteiger partial charge in [-0.2, -0.15) is 5.10 Å². The van der Waals surface area contributed by atoms with E-state index in [1.807, 2.05) is 18.2 Å². The molecular weight excluding hydrogens is 380 g/mol. The fourth-order valence-electron chi connectivity index (χ4n) is 3.55. The van der Waals surface area contributed by atoms with Crippen molar-refractivity contribution in [1.82, 2.24) is 5.01 Å². The number of nitrogens with zero attached hydrogens (tertiary/aromatic N) is 2. The van der Waals surface area contributed by atoms with E-state index in [0.717, 1.165) is 46.5 Å². The predicted octanol–water partition coefficient (Wildman–Crippen LogP) is 5.13. The van der Waals surface area contributed by atoms with Crippen LogP contribution in [0.25, 0.3) is 0 Å². The summed E-state index contributed by atoms with van der Waals surface area (Å²) in [6, 6.07) is 14.6. The molecule has 0 aliphatic carbocycles. The first kappa shape index (κ1) is 16.5. The molecule has 4 nitrogen and oxygen atoms in total. The molecule has 0 fully saturated rings. The van der Waals surface area contributed by atoms with Gasteiger partial charge < -0.3 is 9.47 Å². The van der Waals surface area contributed by atoms with Crippen LogP contribution in [-0.4, -0.2) is 24.1 Å². The third kappa shape index (κ3) is 3.01. The van der Waals surface area contributed by atoms with Gasteiger partial charge in [0.05, 0.1) is 18.9 Å². The van der Waals surface area contributed by atoms with E-state index in [1.54, 1.807) is 7.11 Å². The van der Waals surface area contributed by atoms with Gasteiger partial charge in [-0.1, -0.05) is 41.4 Å². The number of hydrogen-bond donors (Lipinski definition) is 0. The molecular formula is C20H21BrN2O2. The lowest BCUT2D eigenvalue weighted by molar-refractivity contribution is -0.0223. The summed E-state index contributed by atoms with van der Waals surface area (Å²) >= 11 is 3.58. The summed E-state index contributed by atoms with van der Waals surface area (Å²) in [6.07, 6.45) is 2.89. The number of hydrogen-bond acceptors (Lipinski definition) is 4. The van der Waals surface area contributed by atoms with Crippen LogP contribution < -0.4 is 9.47 Å². The summed E-state index contributed by atoms with van der Waals surface area (Å²) in [6.45, 7) is 2.18. The zero-order valence-corrected chi connectivity index (χ0v) is 16.0. The molecule has 2 aromatic rings. The van der Waals surface area contributed by atoms with Crippen molar-refractivity contribution in [3.05, 3.63) is 58.1 Å². The fraction of sp³-hybridized carbons (Fsp3) is 0.350. The number of fused-ring (bicyclic) bond motifs is 3. The Morgan fingerprint density at radius 2 is 2.16 bits per heavy atom. The number of methoxy groups -OCH3 is 1. The molecule has 2 aliphatic rings. The third-order valence-electron chi connectivity index (χ3n) is 4.77. The third-order valence-corrected chi connectivity index (χ3v) is 5.26. The average molecular weight is 401 g/mol. The lowest BCUT2D eigenvalue weighted by atomic mass is 9.96. The molecule has 2 atom stereocenters. The SMILES string of the molecule is CCCC1Oc2ccc(Br)cc2C2CC(c3cccc(OC)c3)=NN12. The highest BCUT2D eigenvalue weighted by atomic mass is 79.9. The van der Waals surface area contributed by atoms with Crippen LogP contribution in [0.2, 0.25) is 0 Å². The first-order valence-corrected chi connectivity index (χ1v) is 9.45. The Hall–Kier alpha value is -2.01. The first-order chi connectivity index (χ1) is 12.2. The van der Waals surface area contributed by atoms with Crippen molar-refractivity contribution in [2.45, 2.75) is 38.5 Å². The monoisotopic (exact) mass is 400 g/mol. The van der Waals surface area contributed by atoms with Gasteiger partial charge in [0.2, 0.25) is 0 Å². The molecule has 4 rings (SSSR count). The molecule has 0 saturated heterocycles. The summed E-state index contributed by atoms with van der Waals surface area (Å²) in [4.78, 5) is 0. The van der Waals surface area contributed by atoms with Crippen LogP contribution in [0.5, 0.6) is 11.5 Å². The number of halogens is 1. The van der Waals surface area contributed by atoms with Crippen LogP contribution in [0.3, 0.4) is 0 Å². The molecule has 0 N–H and O–H groups in total. The molecule has 0 bridgehead atoms. The van der Waals surface area contributed by atoms with E-state index >= 15 is 0 Å². The Kier molecular flexibility index (Phi) is 4.42. The van der Waals surface area contributed by atoms with E-state index < -0.39 is 0 Å². The van der Waals surface area contributed by atoms with Crippen LogP contribution in [0.4, 0.5) is 0 Å². The minimum Gasteiger partial charge on any atom is -0.497 e. The van der Waals surface area contributed by atoms with E-state index in [-0.39, 0.29) is 12.3 Å². The van der Waals surface area contributed by atoms with Gasteiger partial charge in [0.15, 0.2) is 6.23 Å². The van der Waals surface area contributed by atoms with Crippen molar-refractivity contribution < 1.29 is 9.47 Å². The highest BCUT2D eigenvalue weighted by Crippen LogP contribution is 2.44. The molecule has 0 amide bonds. The molecule has 2 aliphatic heterocycles. The number of ether oxygens (including phenoxy) is 2. The topological polar surface area (TPSA) is 34.1 Å². The summed E-state index contributed by atoms with van der Waals surface area (Å²) < 4.78 is 12.7. The van der Waals surface area contributed by atoms with Gasteiger partial charge in [-0.05, 0) is 30.3 Å². The molecule has 2 unspecified atom stereocenters. The van der Waals surface area contributed by atoms with Gasteiger partial charge in [-0.25, -0.2) is 0 Å². The van der Waals surface area contributed by atoms with E-state index in [2.05, 4.69) is 52.1 Å². The lowest BCUT2D eigenvalue weighted by Crippen LogP contribution is -2.40. The van der Waals surface area contributed by atoms with Crippen LogP contribution in [-0.2, 0) is 0 Å². The average Bonchev–Trinajstić information content (AvgIpc) is 3.08. The normalized spacial score (nSPS) is 21.2. The molecule has 5 heteroatoms. The van der Waals surface area contributed by atoms with Gasteiger partial charge in [0.25, 0.3) is 0 Å². The zero-order chi connectivity index (χ0) is 17.4. The molecule has 0 radical (unpaired) electrons. The highest BCUT2D eigenvalue weighted by Gasteiger charge is 2.39. The van der Waals surface area contributed by atoms with Gasteiger partial charge in [0.1, 0.15) is 11.5 Å². The van der Waals surface area contributed by atoms with Crippen molar-refractivity contribution in [3.8, 4) is 11.5 Å². The van der Waals surface area contributed by atoms with Crippen LogP contribution in [0.15, 0.2) is 52.0 Å². The largest absolute Gasteiger partial charge is 0.497 e. The van der Waals surface area contributed by atoms with E-state index in [1.165, 1.54) is 5.56 Å². The van der Waals surface area contributed by atoms with Crippen molar-refractivity contribution in [3.63, 3.8) is 0 Å². The summed E-state index contributed by atoms with van der Waals surface area (Å²) in [5, 5.41) is 7.08. The molecule has 0 aromatic heterocycles. The second-order valence-electron chi connectivity index (χ2n) is 6.42. The van der Waals surface area contributed by atoms with Crippen molar-refractivity contribution in [1.29, 1.82) is 0 Å². The summed E-state index contributed by atoms with van der Waals surface area (Å²) in [5.41, 5.74) is 3.39. The van der Waals surface area contributed by atoms with Gasteiger partial charge in [-0.15, -0.1) is 0 Å². The van der Waals surface area contributed by atoms with Crippen molar-refractivity contribution in [2.24, 2.45) is 5.10 Å². The minimum absolute atomic E-state index is 0.00761. The number of benzene rings is 2. The maximum Gasteiger partial charge on any atom is 0.187 e. The van der Waals surface area contributed by atoms with Crippen LogP contribution >= 0.6 is 15.9 Å². The standard InChI is InChI=1S/C20H21BrN2O2/c1-3-5-20-23-18(16-11-14(21)8-9-19(16)25-20)12-17(22-23)13-6-4-7-15(10-13)24-2/h4,6-11,18,20H,3,5,12H2,1-2H3. The van der Waals surface area contributed by atoms with Gasteiger partial charge in [-0.3, -0.25) is 5.01 Å². The Balaban J connectivity index is 1.72. The summed E-state index contributed by atoms with van der Waals surface area (Å²) in [7, 11) is 1.69. The molecule has 0 saturated carbocycles. The smallest absolute Gasteiger partial charge is 0.187 e. The van der Waals surface area contributed by atoms with E-state index in [0.29, 0.717) is 0 Å². The maximum atomic E-state index is 6.24. The number of rotatable bonds is 4. The second-order valence-corrected chi connectivity index (χ2v) is 7.34. The minimum atomic E-state index is -0.00761. The highest BCUT2D eigenvalue weighted by molar-refractivity contribution is 9.10. The quantitative estimate of drug-likeness (QED) is 0.713. The lowest BCUT2D eigenvalue weighted by Gasteiger charge is -2.38. The Labute approximate surface area is 156 Å². The summed E-state index contributed by atoms with van der Waals surface area (Å²) in [5.74, 6) is 1.83. The van der Waals surface area contributed by atoms with Crippen molar-refractivity contribution in [2.75, 3.05) is 7.11 Å². The fourth-order valence-corrected chi connectivity index (χ4v) is 3.93. The van der Waals surface area contributed by atoms with Gasteiger partial charge in [0, 0.05) is 28.4 Å². The Bertz CT molecular complexity index is 821. The van der Waals surface area contributed by atoms with E-state index in [9.17, 15) is 0 Å².